The van der Waals surface area contributed by atoms with Gasteiger partial charge in [0, 0.05) is 16.9 Å². The molecule has 0 bridgehead atoms. The first-order valence-corrected chi connectivity index (χ1v) is 13.0. The minimum Gasteiger partial charge on any atom is -0.507 e. The average molecular weight is 523 g/mol. The number of nitrogens with zero attached hydrogens (tertiary/aromatic N) is 4. The second kappa shape index (κ2) is 11.6. The number of para-hydroxylation sites is 1. The molecule has 38 heavy (non-hydrogen) atoms. The molecule has 0 unspecified atom stereocenters. The summed E-state index contributed by atoms with van der Waals surface area (Å²) < 4.78 is 1.94. The van der Waals surface area contributed by atoms with E-state index in [0.29, 0.717) is 17.3 Å². The van der Waals surface area contributed by atoms with Crippen LogP contribution in [-0.4, -0.2) is 37.7 Å². The summed E-state index contributed by atoms with van der Waals surface area (Å²) in [6.07, 6.45) is 1.46. The second-order valence-electron chi connectivity index (χ2n) is 8.59. The lowest BCUT2D eigenvalue weighted by Gasteiger charge is -2.11. The summed E-state index contributed by atoms with van der Waals surface area (Å²) in [5.41, 5.74) is 6.17. The molecule has 190 valence electrons. The molecule has 5 rings (SSSR count). The van der Waals surface area contributed by atoms with Crippen molar-refractivity contribution in [2.45, 2.75) is 18.6 Å². The summed E-state index contributed by atoms with van der Waals surface area (Å²) in [5, 5.41) is 28.9. The summed E-state index contributed by atoms with van der Waals surface area (Å²) in [5.74, 6) is 0.616. The third kappa shape index (κ3) is 5.84. The highest BCUT2D eigenvalue weighted by molar-refractivity contribution is 7.99. The molecule has 0 atom stereocenters. The van der Waals surface area contributed by atoms with Crippen molar-refractivity contribution >= 4 is 40.3 Å². The van der Waals surface area contributed by atoms with E-state index in [1.54, 1.807) is 6.07 Å². The van der Waals surface area contributed by atoms with E-state index in [1.807, 2.05) is 96.4 Å². The zero-order chi connectivity index (χ0) is 26.3. The Hall–Kier alpha value is -4.63. The van der Waals surface area contributed by atoms with Crippen molar-refractivity contribution in [1.29, 1.82) is 0 Å². The number of fused-ring (bicyclic) bond motifs is 1. The first-order valence-electron chi connectivity index (χ1n) is 12.0. The number of aryl methyl sites for hydroxylation is 1. The highest BCUT2D eigenvalue weighted by Crippen LogP contribution is 2.26. The SMILES string of the molecule is Cc1ccc(NCc2nnc(SCC(=O)N/N=C\c3c(O)ccc4ccccc34)n2-c2ccccc2)cc1. The highest BCUT2D eigenvalue weighted by atomic mass is 32.2. The predicted octanol–water partition coefficient (Wildman–Crippen LogP) is 5.29. The predicted molar refractivity (Wildman–Crippen MR) is 152 cm³/mol. The van der Waals surface area contributed by atoms with Gasteiger partial charge in [-0.15, -0.1) is 10.2 Å². The van der Waals surface area contributed by atoms with E-state index in [2.05, 4.69) is 26.0 Å². The van der Waals surface area contributed by atoms with Crippen molar-refractivity contribution in [1.82, 2.24) is 20.2 Å². The van der Waals surface area contributed by atoms with E-state index in [0.717, 1.165) is 28.0 Å². The van der Waals surface area contributed by atoms with Crippen LogP contribution in [0.15, 0.2) is 101 Å². The highest BCUT2D eigenvalue weighted by Gasteiger charge is 2.16. The van der Waals surface area contributed by atoms with Crippen molar-refractivity contribution in [2.24, 2.45) is 5.10 Å². The molecule has 9 heteroatoms. The Bertz CT molecular complexity index is 1580. The summed E-state index contributed by atoms with van der Waals surface area (Å²) >= 11 is 1.27. The zero-order valence-electron chi connectivity index (χ0n) is 20.7. The van der Waals surface area contributed by atoms with Gasteiger partial charge in [0.1, 0.15) is 5.75 Å². The molecule has 0 aliphatic carbocycles. The maximum Gasteiger partial charge on any atom is 0.250 e. The maximum absolute atomic E-state index is 12.6. The molecule has 0 fully saturated rings. The maximum atomic E-state index is 12.6. The quantitative estimate of drug-likeness (QED) is 0.138. The number of aromatic nitrogens is 3. The number of amides is 1. The van der Waals surface area contributed by atoms with E-state index in [-0.39, 0.29) is 17.4 Å². The Labute approximate surface area is 224 Å². The van der Waals surface area contributed by atoms with Crippen molar-refractivity contribution in [3.63, 3.8) is 0 Å². The summed E-state index contributed by atoms with van der Waals surface area (Å²) in [6.45, 7) is 2.52. The van der Waals surface area contributed by atoms with E-state index in [4.69, 9.17) is 0 Å². The lowest BCUT2D eigenvalue weighted by atomic mass is 10.0. The number of phenolic OH excluding ortho intramolecular Hbond substituents is 1. The van der Waals surface area contributed by atoms with Gasteiger partial charge in [-0.05, 0) is 48.0 Å². The van der Waals surface area contributed by atoms with Gasteiger partial charge in [0.15, 0.2) is 11.0 Å². The number of anilines is 1. The number of benzene rings is 4. The third-order valence-electron chi connectivity index (χ3n) is 5.88. The Kier molecular flexibility index (Phi) is 7.65. The minimum atomic E-state index is -0.298. The third-order valence-corrected chi connectivity index (χ3v) is 6.81. The minimum absolute atomic E-state index is 0.0925. The van der Waals surface area contributed by atoms with Crippen LogP contribution in [0.2, 0.25) is 0 Å². The molecular weight excluding hydrogens is 496 g/mol. The normalized spacial score (nSPS) is 11.2. The number of rotatable bonds is 9. The lowest BCUT2D eigenvalue weighted by molar-refractivity contribution is -0.118. The van der Waals surface area contributed by atoms with Crippen LogP contribution in [0.4, 0.5) is 5.69 Å². The van der Waals surface area contributed by atoms with E-state index >= 15 is 0 Å². The molecule has 1 aromatic heterocycles. The van der Waals surface area contributed by atoms with Crippen LogP contribution in [0.3, 0.4) is 0 Å². The van der Waals surface area contributed by atoms with Crippen LogP contribution in [0.25, 0.3) is 16.5 Å². The standard InChI is InChI=1S/C29H26N6O2S/c1-20-11-14-22(15-12-20)30-18-27-32-34-29(35(27)23-8-3-2-4-9-23)38-19-28(37)33-31-17-25-24-10-6-5-7-21(24)13-16-26(25)36/h2-17,30,36H,18-19H2,1H3,(H,33,37)/b31-17-. The van der Waals surface area contributed by atoms with E-state index in [9.17, 15) is 9.90 Å². The molecule has 3 N–H and O–H groups in total. The number of phenols is 1. The first-order chi connectivity index (χ1) is 18.6. The average Bonchev–Trinajstić information content (AvgIpc) is 3.36. The number of hydrogen-bond acceptors (Lipinski definition) is 7. The van der Waals surface area contributed by atoms with Crippen LogP contribution in [0, 0.1) is 6.92 Å². The molecule has 8 nitrogen and oxygen atoms in total. The van der Waals surface area contributed by atoms with Gasteiger partial charge in [0.25, 0.3) is 5.91 Å². The fourth-order valence-electron chi connectivity index (χ4n) is 3.95. The number of thioether (sulfide) groups is 1. The van der Waals surface area contributed by atoms with Gasteiger partial charge < -0.3 is 10.4 Å². The number of nitrogens with one attached hydrogen (secondary N) is 2. The Morgan fingerprint density at radius 2 is 1.74 bits per heavy atom. The Morgan fingerprint density at radius 3 is 2.55 bits per heavy atom. The Balaban J connectivity index is 1.27. The van der Waals surface area contributed by atoms with Crippen molar-refractivity contribution < 1.29 is 9.90 Å². The molecule has 1 heterocycles. The number of hydrogen-bond donors (Lipinski definition) is 3. The van der Waals surface area contributed by atoms with Gasteiger partial charge in [-0.2, -0.15) is 5.10 Å². The van der Waals surface area contributed by atoms with Crippen molar-refractivity contribution in [3.8, 4) is 11.4 Å². The summed E-state index contributed by atoms with van der Waals surface area (Å²) in [6, 6.07) is 29.1. The van der Waals surface area contributed by atoms with Crippen LogP contribution in [0.1, 0.15) is 17.0 Å². The first kappa shape index (κ1) is 25.0. The van der Waals surface area contributed by atoms with Gasteiger partial charge in [-0.1, -0.05) is 78.0 Å². The molecule has 1 amide bonds. The number of hydrazone groups is 1. The van der Waals surface area contributed by atoms with Gasteiger partial charge in [-0.25, -0.2) is 5.43 Å². The fourth-order valence-corrected chi connectivity index (χ4v) is 4.71. The number of carbonyl (C=O) groups is 1. The van der Waals surface area contributed by atoms with E-state index < -0.39 is 0 Å². The van der Waals surface area contributed by atoms with Crippen LogP contribution < -0.4 is 10.7 Å². The van der Waals surface area contributed by atoms with Crippen LogP contribution in [-0.2, 0) is 11.3 Å². The zero-order valence-corrected chi connectivity index (χ0v) is 21.5. The molecule has 0 aliphatic heterocycles. The van der Waals surface area contributed by atoms with Crippen molar-refractivity contribution in [3.05, 3.63) is 108 Å². The molecule has 0 saturated carbocycles. The largest absolute Gasteiger partial charge is 0.507 e. The molecular formula is C29H26N6O2S. The molecule has 5 aromatic rings. The van der Waals surface area contributed by atoms with Crippen LogP contribution in [0.5, 0.6) is 5.75 Å². The smallest absolute Gasteiger partial charge is 0.250 e. The lowest BCUT2D eigenvalue weighted by Crippen LogP contribution is -2.20. The van der Waals surface area contributed by atoms with Gasteiger partial charge in [-0.3, -0.25) is 9.36 Å². The molecule has 0 saturated heterocycles. The van der Waals surface area contributed by atoms with Gasteiger partial charge in [0.05, 0.1) is 18.5 Å². The molecule has 0 spiro atoms. The Morgan fingerprint density at radius 1 is 0.974 bits per heavy atom. The number of aromatic hydroxyl groups is 1. The summed E-state index contributed by atoms with van der Waals surface area (Å²) in [7, 11) is 0. The van der Waals surface area contributed by atoms with Gasteiger partial charge in [0.2, 0.25) is 0 Å². The van der Waals surface area contributed by atoms with Gasteiger partial charge >= 0.3 is 0 Å². The topological polar surface area (TPSA) is 104 Å². The fraction of sp³-hybridized carbons (Fsp3) is 0.103. The molecule has 0 aliphatic rings. The summed E-state index contributed by atoms with van der Waals surface area (Å²) in [4.78, 5) is 12.6. The monoisotopic (exact) mass is 522 g/mol. The molecule has 0 radical (unpaired) electrons. The van der Waals surface area contributed by atoms with E-state index in [1.165, 1.54) is 23.5 Å². The van der Waals surface area contributed by atoms with Crippen molar-refractivity contribution in [2.75, 3.05) is 11.1 Å². The molecule has 4 aromatic carbocycles. The van der Waals surface area contributed by atoms with Crippen LogP contribution >= 0.6 is 11.8 Å². The second-order valence-corrected chi connectivity index (χ2v) is 9.53. The number of carbonyl (C=O) groups excluding carboxylic acids is 1.